The van der Waals surface area contributed by atoms with Gasteiger partial charge in [-0.3, -0.25) is 4.79 Å². The molecule has 1 heterocycles. The SMILES string of the molecule is CCOC(=O)c1sc(CC(=O)/C(C#N)=C\c2cc(Br)ccc2OC(C)C)c(C#N)c1C. The van der Waals surface area contributed by atoms with Gasteiger partial charge < -0.3 is 9.47 Å². The van der Waals surface area contributed by atoms with Crippen LogP contribution in [0, 0.1) is 29.6 Å². The minimum absolute atomic E-state index is 0.0701. The Balaban J connectivity index is 2.40. The number of Topliss-reactive ketones (excluding diaryl/α,β-unsaturated/α-hetero) is 1. The molecule has 1 aromatic heterocycles. The molecule has 0 N–H and O–H groups in total. The summed E-state index contributed by atoms with van der Waals surface area (Å²) in [5, 5.41) is 19.1. The van der Waals surface area contributed by atoms with Gasteiger partial charge >= 0.3 is 5.97 Å². The number of ketones is 1. The van der Waals surface area contributed by atoms with E-state index < -0.39 is 11.8 Å². The molecule has 0 spiro atoms. The Hall–Kier alpha value is -2.94. The van der Waals surface area contributed by atoms with E-state index in [1.54, 1.807) is 26.0 Å². The van der Waals surface area contributed by atoms with Crippen LogP contribution >= 0.6 is 27.3 Å². The zero-order valence-corrected chi connectivity index (χ0v) is 20.0. The van der Waals surface area contributed by atoms with E-state index in [0.717, 1.165) is 15.8 Å². The molecule has 1 aromatic carbocycles. The van der Waals surface area contributed by atoms with Crippen molar-refractivity contribution >= 4 is 45.1 Å². The van der Waals surface area contributed by atoms with Crippen molar-refractivity contribution in [2.75, 3.05) is 6.61 Å². The summed E-state index contributed by atoms with van der Waals surface area (Å²) in [6.45, 7) is 7.32. The van der Waals surface area contributed by atoms with Gasteiger partial charge in [0, 0.05) is 21.3 Å². The molecule has 0 saturated heterocycles. The average Bonchev–Trinajstić information content (AvgIpc) is 3.02. The number of benzene rings is 1. The molecule has 2 aromatic rings. The third-order valence-electron chi connectivity index (χ3n) is 4.17. The number of esters is 1. The molecule has 0 aliphatic heterocycles. The van der Waals surface area contributed by atoms with Crippen LogP contribution in [-0.4, -0.2) is 24.5 Å². The predicted molar refractivity (Wildman–Crippen MR) is 122 cm³/mol. The van der Waals surface area contributed by atoms with Gasteiger partial charge in [0.1, 0.15) is 22.8 Å². The number of rotatable bonds is 8. The van der Waals surface area contributed by atoms with E-state index in [-0.39, 0.29) is 30.3 Å². The number of ether oxygens (including phenoxy) is 2. The summed E-state index contributed by atoms with van der Waals surface area (Å²) in [4.78, 5) is 25.7. The number of thiophene rings is 1. The average molecular weight is 501 g/mol. The van der Waals surface area contributed by atoms with Crippen molar-refractivity contribution in [3.63, 3.8) is 0 Å². The summed E-state index contributed by atoms with van der Waals surface area (Å²) < 4.78 is 11.6. The number of nitriles is 2. The molecule has 0 amide bonds. The molecule has 0 unspecified atom stereocenters. The zero-order valence-electron chi connectivity index (χ0n) is 17.6. The van der Waals surface area contributed by atoms with E-state index >= 15 is 0 Å². The Morgan fingerprint density at radius 2 is 2.00 bits per heavy atom. The first-order valence-corrected chi connectivity index (χ1v) is 11.1. The third kappa shape index (κ3) is 6.04. The van der Waals surface area contributed by atoms with Crippen LogP contribution in [0.5, 0.6) is 5.75 Å². The van der Waals surface area contributed by atoms with Crippen LogP contribution in [0.4, 0.5) is 0 Å². The van der Waals surface area contributed by atoms with Crippen LogP contribution in [0.3, 0.4) is 0 Å². The maximum absolute atomic E-state index is 12.9. The van der Waals surface area contributed by atoms with Crippen molar-refractivity contribution in [1.82, 2.24) is 0 Å². The summed E-state index contributed by atoms with van der Waals surface area (Å²) >= 11 is 4.44. The molecule has 0 aliphatic carbocycles. The summed E-state index contributed by atoms with van der Waals surface area (Å²) in [6.07, 6.45) is 1.23. The molecule has 0 saturated carbocycles. The maximum atomic E-state index is 12.9. The first-order chi connectivity index (χ1) is 14.7. The lowest BCUT2D eigenvalue weighted by Crippen LogP contribution is -2.08. The lowest BCUT2D eigenvalue weighted by Gasteiger charge is -2.13. The molecular formula is C23H21BrN2O4S. The Bertz CT molecular complexity index is 1120. The summed E-state index contributed by atoms with van der Waals surface area (Å²) in [7, 11) is 0. The maximum Gasteiger partial charge on any atom is 0.348 e. The van der Waals surface area contributed by atoms with Crippen molar-refractivity contribution in [3.05, 3.63) is 54.7 Å². The molecule has 160 valence electrons. The normalized spacial score (nSPS) is 11.0. The molecule has 0 fully saturated rings. The summed E-state index contributed by atoms with van der Waals surface area (Å²) in [5.74, 6) is -0.431. The molecule has 0 atom stereocenters. The number of hydrogen-bond acceptors (Lipinski definition) is 7. The fraction of sp³-hybridized carbons (Fsp3) is 0.304. The quantitative estimate of drug-likeness (QED) is 0.274. The Morgan fingerprint density at radius 3 is 2.58 bits per heavy atom. The van der Waals surface area contributed by atoms with Crippen LogP contribution < -0.4 is 4.74 Å². The Kier molecular flexibility index (Phi) is 8.56. The number of nitrogens with zero attached hydrogens (tertiary/aromatic N) is 2. The van der Waals surface area contributed by atoms with Crippen molar-refractivity contribution in [3.8, 4) is 17.9 Å². The molecular weight excluding hydrogens is 480 g/mol. The topological polar surface area (TPSA) is 100 Å². The van der Waals surface area contributed by atoms with Gasteiger partial charge in [-0.05, 0) is 57.5 Å². The number of halogens is 1. The van der Waals surface area contributed by atoms with Crippen molar-refractivity contribution in [2.45, 2.75) is 40.2 Å². The lowest BCUT2D eigenvalue weighted by atomic mass is 10.0. The molecule has 0 aliphatic rings. The highest BCUT2D eigenvalue weighted by Crippen LogP contribution is 2.31. The summed E-state index contributed by atoms with van der Waals surface area (Å²) in [5.41, 5.74) is 1.27. The van der Waals surface area contributed by atoms with Crippen LogP contribution in [0.15, 0.2) is 28.2 Å². The first-order valence-electron chi connectivity index (χ1n) is 9.52. The number of carbonyl (C=O) groups excluding carboxylic acids is 2. The van der Waals surface area contributed by atoms with Gasteiger partial charge in [-0.25, -0.2) is 4.79 Å². The highest BCUT2D eigenvalue weighted by Gasteiger charge is 2.23. The lowest BCUT2D eigenvalue weighted by molar-refractivity contribution is -0.114. The first kappa shape index (κ1) is 24.3. The van der Waals surface area contributed by atoms with Gasteiger partial charge in [-0.1, -0.05) is 15.9 Å². The number of hydrogen-bond donors (Lipinski definition) is 0. The van der Waals surface area contributed by atoms with Gasteiger partial charge in [0.05, 0.1) is 23.8 Å². The van der Waals surface area contributed by atoms with Crippen molar-refractivity contribution in [1.29, 1.82) is 10.5 Å². The van der Waals surface area contributed by atoms with E-state index in [4.69, 9.17) is 9.47 Å². The second kappa shape index (κ2) is 10.9. The van der Waals surface area contributed by atoms with Gasteiger partial charge in [0.25, 0.3) is 0 Å². The van der Waals surface area contributed by atoms with Crippen molar-refractivity contribution in [2.24, 2.45) is 0 Å². The van der Waals surface area contributed by atoms with Crippen LogP contribution in [-0.2, 0) is 16.0 Å². The van der Waals surface area contributed by atoms with E-state index in [2.05, 4.69) is 22.0 Å². The Labute approximate surface area is 193 Å². The third-order valence-corrected chi connectivity index (χ3v) is 5.93. The van der Waals surface area contributed by atoms with E-state index in [1.165, 1.54) is 6.08 Å². The van der Waals surface area contributed by atoms with Crippen LogP contribution in [0.25, 0.3) is 6.08 Å². The van der Waals surface area contributed by atoms with Gasteiger partial charge in [0.2, 0.25) is 0 Å². The van der Waals surface area contributed by atoms with Crippen molar-refractivity contribution < 1.29 is 19.1 Å². The monoisotopic (exact) mass is 500 g/mol. The fourth-order valence-corrected chi connectivity index (χ4v) is 4.33. The van der Waals surface area contributed by atoms with Gasteiger partial charge in [0.15, 0.2) is 5.78 Å². The second-order valence-electron chi connectivity index (χ2n) is 6.81. The summed E-state index contributed by atoms with van der Waals surface area (Å²) in [6, 6.07) is 9.33. The minimum Gasteiger partial charge on any atom is -0.490 e. The number of allylic oxidation sites excluding steroid dienone is 1. The number of carbonyl (C=O) groups is 2. The standard InChI is InChI=1S/C23H21BrN2O4S/c1-5-29-23(28)22-14(4)18(12-26)21(31-22)10-19(27)16(11-25)8-15-9-17(24)6-7-20(15)30-13(2)3/h6-9,13H,5,10H2,1-4H3/b16-8-. The van der Waals surface area contributed by atoms with E-state index in [1.807, 2.05) is 26.0 Å². The molecule has 8 heteroatoms. The molecule has 31 heavy (non-hydrogen) atoms. The van der Waals surface area contributed by atoms with E-state index in [9.17, 15) is 20.1 Å². The molecule has 2 rings (SSSR count). The van der Waals surface area contributed by atoms with E-state index in [0.29, 0.717) is 26.6 Å². The highest BCUT2D eigenvalue weighted by atomic mass is 79.9. The molecule has 6 nitrogen and oxygen atoms in total. The zero-order chi connectivity index (χ0) is 23.1. The van der Waals surface area contributed by atoms with Crippen LogP contribution in [0.2, 0.25) is 0 Å². The highest BCUT2D eigenvalue weighted by molar-refractivity contribution is 9.10. The second-order valence-corrected chi connectivity index (χ2v) is 8.83. The van der Waals surface area contributed by atoms with Gasteiger partial charge in [-0.15, -0.1) is 11.3 Å². The fourth-order valence-electron chi connectivity index (χ4n) is 2.80. The largest absolute Gasteiger partial charge is 0.490 e. The Morgan fingerprint density at radius 1 is 1.29 bits per heavy atom. The van der Waals surface area contributed by atoms with Gasteiger partial charge in [-0.2, -0.15) is 10.5 Å². The smallest absolute Gasteiger partial charge is 0.348 e. The predicted octanol–water partition coefficient (Wildman–Crippen LogP) is 5.37. The molecule has 0 radical (unpaired) electrons. The van der Waals surface area contributed by atoms with Crippen LogP contribution in [0.1, 0.15) is 52.0 Å². The minimum atomic E-state index is -0.527. The molecule has 0 bridgehead atoms.